The summed E-state index contributed by atoms with van der Waals surface area (Å²) in [4.78, 5) is 29.2. The second-order valence-corrected chi connectivity index (χ2v) is 6.08. The number of rotatable bonds is 8. The van der Waals surface area contributed by atoms with Gasteiger partial charge in [0.05, 0.1) is 36.1 Å². The van der Waals surface area contributed by atoms with Crippen LogP contribution >= 0.6 is 0 Å². The molecule has 0 aliphatic carbocycles. The van der Waals surface area contributed by atoms with Crippen molar-refractivity contribution in [3.8, 4) is 11.5 Å². The maximum Gasteiger partial charge on any atom is 0.261 e. The molecule has 0 unspecified atom stereocenters. The van der Waals surface area contributed by atoms with Crippen LogP contribution in [-0.2, 0) is 11.3 Å². The van der Waals surface area contributed by atoms with E-state index in [1.807, 2.05) is 19.9 Å². The minimum absolute atomic E-state index is 0.129. The van der Waals surface area contributed by atoms with Gasteiger partial charge >= 0.3 is 0 Å². The number of carbonyl (C=O) groups excluding carboxylic acids is 1. The standard InChI is InChI=1S/C21H23N3O4/c1-3-27-15-9-10-19(28-4-2)18(13-15)23-20(25)11-12-24-14-22-17-8-6-5-7-16(17)21(24)26/h5-10,13-14H,3-4,11-12H2,1-2H3,(H,23,25). The molecule has 0 bridgehead atoms. The van der Waals surface area contributed by atoms with E-state index in [1.165, 1.54) is 10.9 Å². The summed E-state index contributed by atoms with van der Waals surface area (Å²) in [6, 6.07) is 12.4. The Morgan fingerprint density at radius 3 is 2.68 bits per heavy atom. The smallest absolute Gasteiger partial charge is 0.261 e. The highest BCUT2D eigenvalue weighted by molar-refractivity contribution is 5.92. The fourth-order valence-electron chi connectivity index (χ4n) is 2.84. The number of nitrogens with zero attached hydrogens (tertiary/aromatic N) is 2. The number of hydrogen-bond donors (Lipinski definition) is 1. The second kappa shape index (κ2) is 9.03. The molecule has 0 spiro atoms. The highest BCUT2D eigenvalue weighted by Gasteiger charge is 2.11. The third-order valence-corrected chi connectivity index (χ3v) is 4.15. The second-order valence-electron chi connectivity index (χ2n) is 6.08. The van der Waals surface area contributed by atoms with Crippen LogP contribution in [0.5, 0.6) is 11.5 Å². The Bertz CT molecular complexity index is 1030. The molecule has 7 nitrogen and oxygen atoms in total. The molecular formula is C21H23N3O4. The number of ether oxygens (including phenoxy) is 2. The number of nitrogens with one attached hydrogen (secondary N) is 1. The summed E-state index contributed by atoms with van der Waals surface area (Å²) in [7, 11) is 0. The van der Waals surface area contributed by atoms with Crippen molar-refractivity contribution < 1.29 is 14.3 Å². The largest absolute Gasteiger partial charge is 0.494 e. The number of hydrogen-bond acceptors (Lipinski definition) is 5. The van der Waals surface area contributed by atoms with E-state index < -0.39 is 0 Å². The first-order chi connectivity index (χ1) is 13.6. The highest BCUT2D eigenvalue weighted by Crippen LogP contribution is 2.29. The van der Waals surface area contributed by atoms with Crippen molar-refractivity contribution in [2.45, 2.75) is 26.8 Å². The number of para-hydroxylation sites is 1. The first kappa shape index (κ1) is 19.4. The zero-order valence-electron chi connectivity index (χ0n) is 16.0. The fraction of sp³-hybridized carbons (Fsp3) is 0.286. The van der Waals surface area contributed by atoms with E-state index in [9.17, 15) is 9.59 Å². The molecule has 1 N–H and O–H groups in total. The van der Waals surface area contributed by atoms with Gasteiger partial charge in [-0.05, 0) is 38.1 Å². The van der Waals surface area contributed by atoms with Crippen LogP contribution in [0.4, 0.5) is 5.69 Å². The van der Waals surface area contributed by atoms with E-state index in [0.717, 1.165) is 0 Å². The molecular weight excluding hydrogens is 358 g/mol. The Labute approximate surface area is 162 Å². The molecule has 7 heteroatoms. The zero-order chi connectivity index (χ0) is 19.9. The Morgan fingerprint density at radius 2 is 1.89 bits per heavy atom. The number of aromatic nitrogens is 2. The third-order valence-electron chi connectivity index (χ3n) is 4.15. The molecule has 2 aromatic carbocycles. The van der Waals surface area contributed by atoms with Crippen LogP contribution in [0.2, 0.25) is 0 Å². The molecule has 0 saturated carbocycles. The molecule has 1 amide bonds. The van der Waals surface area contributed by atoms with E-state index in [2.05, 4.69) is 10.3 Å². The van der Waals surface area contributed by atoms with Crippen LogP contribution in [0.1, 0.15) is 20.3 Å². The summed E-state index contributed by atoms with van der Waals surface area (Å²) < 4.78 is 12.5. The Kier molecular flexibility index (Phi) is 6.26. The number of carbonyl (C=O) groups is 1. The van der Waals surface area contributed by atoms with Crippen LogP contribution in [0, 0.1) is 0 Å². The van der Waals surface area contributed by atoms with Gasteiger partial charge in [0.2, 0.25) is 5.91 Å². The molecule has 0 fully saturated rings. The molecule has 0 saturated heterocycles. The van der Waals surface area contributed by atoms with Crippen LogP contribution in [0.3, 0.4) is 0 Å². The van der Waals surface area contributed by atoms with E-state index >= 15 is 0 Å². The minimum atomic E-state index is -0.227. The minimum Gasteiger partial charge on any atom is -0.494 e. The average molecular weight is 381 g/mol. The van der Waals surface area contributed by atoms with E-state index in [-0.39, 0.29) is 24.4 Å². The molecule has 0 atom stereocenters. The van der Waals surface area contributed by atoms with Crippen LogP contribution < -0.4 is 20.3 Å². The lowest BCUT2D eigenvalue weighted by Gasteiger charge is -2.14. The summed E-state index contributed by atoms with van der Waals surface area (Å²) >= 11 is 0. The van der Waals surface area contributed by atoms with Crippen molar-refractivity contribution in [3.63, 3.8) is 0 Å². The quantitative estimate of drug-likeness (QED) is 0.648. The summed E-state index contributed by atoms with van der Waals surface area (Å²) in [5, 5.41) is 3.38. The predicted octanol–water partition coefficient (Wildman–Crippen LogP) is 3.22. The monoisotopic (exact) mass is 381 g/mol. The predicted molar refractivity (Wildman–Crippen MR) is 108 cm³/mol. The number of aryl methyl sites for hydroxylation is 1. The SMILES string of the molecule is CCOc1ccc(OCC)c(NC(=O)CCn2cnc3ccccc3c2=O)c1. The summed E-state index contributed by atoms with van der Waals surface area (Å²) in [6.07, 6.45) is 1.60. The van der Waals surface area contributed by atoms with Gasteiger partial charge in [0.15, 0.2) is 0 Å². The van der Waals surface area contributed by atoms with Crippen molar-refractivity contribution in [1.82, 2.24) is 9.55 Å². The molecule has 0 aliphatic rings. The van der Waals surface area contributed by atoms with Crippen LogP contribution in [-0.4, -0.2) is 28.7 Å². The summed E-state index contributed by atoms with van der Waals surface area (Å²) in [5.41, 5.74) is 1.02. The lowest BCUT2D eigenvalue weighted by molar-refractivity contribution is -0.116. The van der Waals surface area contributed by atoms with Gasteiger partial charge in [-0.15, -0.1) is 0 Å². The number of amides is 1. The van der Waals surface area contributed by atoms with Gasteiger partial charge in [0, 0.05) is 19.0 Å². The number of anilines is 1. The Hall–Kier alpha value is -3.35. The average Bonchev–Trinajstić information content (AvgIpc) is 2.70. The van der Waals surface area contributed by atoms with E-state index in [4.69, 9.17) is 9.47 Å². The molecule has 0 radical (unpaired) electrons. The van der Waals surface area contributed by atoms with Gasteiger partial charge < -0.3 is 14.8 Å². The molecule has 3 aromatic rings. The van der Waals surface area contributed by atoms with Gasteiger partial charge in [0.25, 0.3) is 5.56 Å². The van der Waals surface area contributed by atoms with Crippen molar-refractivity contribution in [3.05, 3.63) is 59.1 Å². The fourth-order valence-corrected chi connectivity index (χ4v) is 2.84. The molecule has 146 valence electrons. The van der Waals surface area contributed by atoms with Gasteiger partial charge in [-0.2, -0.15) is 0 Å². The Morgan fingerprint density at radius 1 is 1.11 bits per heavy atom. The van der Waals surface area contributed by atoms with Crippen LogP contribution in [0.25, 0.3) is 10.9 Å². The summed E-state index contributed by atoms with van der Waals surface area (Å²) in [5.74, 6) is 0.995. The lowest BCUT2D eigenvalue weighted by Crippen LogP contribution is -2.23. The van der Waals surface area contributed by atoms with Crippen molar-refractivity contribution in [2.24, 2.45) is 0 Å². The van der Waals surface area contributed by atoms with Gasteiger partial charge in [-0.3, -0.25) is 14.2 Å². The number of benzene rings is 2. The van der Waals surface area contributed by atoms with Crippen LogP contribution in [0.15, 0.2) is 53.6 Å². The normalized spacial score (nSPS) is 10.6. The van der Waals surface area contributed by atoms with E-state index in [1.54, 1.807) is 36.4 Å². The van der Waals surface area contributed by atoms with Gasteiger partial charge in [0.1, 0.15) is 11.5 Å². The Balaban J connectivity index is 1.71. The van der Waals surface area contributed by atoms with Crippen molar-refractivity contribution >= 4 is 22.5 Å². The number of fused-ring (bicyclic) bond motifs is 1. The lowest BCUT2D eigenvalue weighted by atomic mass is 10.2. The van der Waals surface area contributed by atoms with Crippen molar-refractivity contribution in [2.75, 3.05) is 18.5 Å². The first-order valence-electron chi connectivity index (χ1n) is 9.26. The summed E-state index contributed by atoms with van der Waals surface area (Å²) in [6.45, 7) is 5.01. The topological polar surface area (TPSA) is 82.4 Å². The van der Waals surface area contributed by atoms with E-state index in [0.29, 0.717) is 41.3 Å². The maximum atomic E-state index is 12.5. The molecule has 1 aromatic heterocycles. The first-order valence-corrected chi connectivity index (χ1v) is 9.26. The van der Waals surface area contributed by atoms with Gasteiger partial charge in [-0.25, -0.2) is 4.98 Å². The molecule has 3 rings (SSSR count). The molecule has 0 aliphatic heterocycles. The molecule has 28 heavy (non-hydrogen) atoms. The van der Waals surface area contributed by atoms with Gasteiger partial charge in [-0.1, -0.05) is 12.1 Å². The third kappa shape index (κ3) is 4.49. The maximum absolute atomic E-state index is 12.5. The van der Waals surface area contributed by atoms with Crippen molar-refractivity contribution in [1.29, 1.82) is 0 Å². The molecule has 1 heterocycles. The highest BCUT2D eigenvalue weighted by atomic mass is 16.5. The zero-order valence-corrected chi connectivity index (χ0v) is 16.0.